The Kier molecular flexibility index (Phi) is 6.33. The Labute approximate surface area is 231 Å². The molecule has 2 aromatic carbocycles. The molecule has 2 aromatic heterocycles. The normalized spacial score (nSPS) is 20.4. The van der Waals surface area contributed by atoms with E-state index in [0.717, 1.165) is 27.6 Å². The first-order valence-electron chi connectivity index (χ1n) is 11.4. The van der Waals surface area contributed by atoms with Crippen molar-refractivity contribution in [3.63, 3.8) is 0 Å². The molecule has 6 rings (SSSR count). The van der Waals surface area contributed by atoms with Crippen LogP contribution in [0.1, 0.15) is 16.6 Å². The van der Waals surface area contributed by atoms with Crippen molar-refractivity contribution in [2.75, 3.05) is 10.2 Å². The predicted octanol–water partition coefficient (Wildman–Crippen LogP) is 4.84. The van der Waals surface area contributed by atoms with Gasteiger partial charge in [-0.3, -0.25) is 23.7 Å². The molecule has 2 aliphatic heterocycles. The van der Waals surface area contributed by atoms with Crippen molar-refractivity contribution in [3.8, 4) is 0 Å². The number of nitrogens with one attached hydrogen (secondary N) is 1. The van der Waals surface area contributed by atoms with E-state index in [4.69, 9.17) is 4.42 Å². The van der Waals surface area contributed by atoms with E-state index >= 15 is 0 Å². The molecule has 192 valence electrons. The second kappa shape index (κ2) is 9.68. The zero-order chi connectivity index (χ0) is 26.6. The Morgan fingerprint density at radius 1 is 1.03 bits per heavy atom. The molecule has 38 heavy (non-hydrogen) atoms. The molecule has 12 heteroatoms. The van der Waals surface area contributed by atoms with Crippen LogP contribution < -0.4 is 15.1 Å². The largest absolute Gasteiger partial charge is 0.469 e. The quantitative estimate of drug-likeness (QED) is 0.323. The highest BCUT2D eigenvalue weighted by Gasteiger charge is 2.57. The van der Waals surface area contributed by atoms with Gasteiger partial charge in [-0.25, -0.2) is 9.29 Å². The predicted molar refractivity (Wildman–Crippen MR) is 144 cm³/mol. The van der Waals surface area contributed by atoms with Gasteiger partial charge in [0.25, 0.3) is 0 Å². The van der Waals surface area contributed by atoms with Gasteiger partial charge >= 0.3 is 4.87 Å². The maximum absolute atomic E-state index is 13.7. The molecule has 0 saturated carbocycles. The third-order valence-corrected chi connectivity index (χ3v) is 9.55. The second-order valence-electron chi connectivity index (χ2n) is 8.72. The lowest BCUT2D eigenvalue weighted by molar-refractivity contribution is -0.122. The molecule has 1 N–H and O–H groups in total. The van der Waals surface area contributed by atoms with Crippen molar-refractivity contribution in [3.05, 3.63) is 97.5 Å². The third-order valence-electron chi connectivity index (χ3n) is 6.41. The summed E-state index contributed by atoms with van der Waals surface area (Å²) in [6.07, 6.45) is 1.48. The lowest BCUT2D eigenvalue weighted by Gasteiger charge is -2.29. The molecular weight excluding hydrogens is 597 g/mol. The van der Waals surface area contributed by atoms with Crippen LogP contribution in [0.4, 0.5) is 15.8 Å². The number of thiazole rings is 1. The van der Waals surface area contributed by atoms with E-state index < -0.39 is 39.6 Å². The number of furan rings is 1. The number of halogens is 2. The second-order valence-corrected chi connectivity index (χ2v) is 11.8. The zero-order valence-electron chi connectivity index (χ0n) is 19.3. The van der Waals surface area contributed by atoms with Crippen molar-refractivity contribution in [1.29, 1.82) is 0 Å². The van der Waals surface area contributed by atoms with Gasteiger partial charge in [0.05, 0.1) is 33.7 Å². The molecule has 1 saturated heterocycles. The average Bonchev–Trinajstić information content (AvgIpc) is 3.59. The summed E-state index contributed by atoms with van der Waals surface area (Å²) in [6, 6.07) is 15.6. The number of imide groups is 1. The Hall–Kier alpha value is -3.48. The third kappa shape index (κ3) is 4.22. The molecular formula is C26H17BrFN3O5S2. The fraction of sp³-hybridized carbons (Fsp3) is 0.154. The molecule has 2 aliphatic rings. The van der Waals surface area contributed by atoms with Crippen LogP contribution >= 0.6 is 39.0 Å². The fourth-order valence-electron chi connectivity index (χ4n) is 4.75. The summed E-state index contributed by atoms with van der Waals surface area (Å²) in [5, 5.41) is 2.30. The number of hydrogen-bond donors (Lipinski definition) is 1. The van der Waals surface area contributed by atoms with Crippen molar-refractivity contribution < 1.29 is 23.2 Å². The van der Waals surface area contributed by atoms with Gasteiger partial charge in [-0.1, -0.05) is 39.0 Å². The summed E-state index contributed by atoms with van der Waals surface area (Å²) in [4.78, 5) is 54.6. The fourth-order valence-corrected chi connectivity index (χ4v) is 7.77. The number of rotatable bonds is 5. The highest BCUT2D eigenvalue weighted by atomic mass is 79.9. The number of anilines is 2. The maximum atomic E-state index is 13.7. The number of nitrogens with zero attached hydrogens (tertiary/aromatic N) is 2. The lowest BCUT2D eigenvalue weighted by atomic mass is 9.87. The number of carbonyl (C=O) groups is 3. The summed E-state index contributed by atoms with van der Waals surface area (Å²) in [7, 11) is 0. The van der Waals surface area contributed by atoms with Gasteiger partial charge in [-0.05, 0) is 60.7 Å². The number of fused-ring (bicyclic) bond motifs is 2. The Morgan fingerprint density at radius 3 is 2.45 bits per heavy atom. The minimum absolute atomic E-state index is 0.310. The van der Waals surface area contributed by atoms with Crippen LogP contribution in [-0.4, -0.2) is 27.5 Å². The van der Waals surface area contributed by atoms with Crippen LogP contribution in [0.2, 0.25) is 0 Å². The molecule has 0 spiro atoms. The Morgan fingerprint density at radius 2 is 1.76 bits per heavy atom. The molecule has 0 radical (unpaired) electrons. The maximum Gasteiger partial charge on any atom is 0.308 e. The van der Waals surface area contributed by atoms with Gasteiger partial charge in [-0.15, -0.1) is 0 Å². The number of benzene rings is 2. The van der Waals surface area contributed by atoms with E-state index in [9.17, 15) is 23.6 Å². The van der Waals surface area contributed by atoms with Crippen LogP contribution in [0, 0.1) is 11.7 Å². The zero-order valence-corrected chi connectivity index (χ0v) is 22.5. The SMILES string of the molecule is O=C(Cn1c2c(sc1=O)[C@H](c1ccco1)C1C(=O)N(c3ccc(Br)cc3)C(=O)C1S2)Nc1ccc(F)cc1. The molecule has 3 amide bonds. The molecule has 4 heterocycles. The van der Waals surface area contributed by atoms with E-state index in [0.29, 0.717) is 27.0 Å². The van der Waals surface area contributed by atoms with Crippen molar-refractivity contribution in [2.24, 2.45) is 5.92 Å². The van der Waals surface area contributed by atoms with Crippen LogP contribution in [-0.2, 0) is 20.9 Å². The van der Waals surface area contributed by atoms with Crippen LogP contribution in [0.3, 0.4) is 0 Å². The summed E-state index contributed by atoms with van der Waals surface area (Å²) < 4.78 is 21.0. The van der Waals surface area contributed by atoms with Crippen LogP contribution in [0.25, 0.3) is 0 Å². The van der Waals surface area contributed by atoms with Gasteiger partial charge in [0.2, 0.25) is 17.7 Å². The minimum Gasteiger partial charge on any atom is -0.469 e. The minimum atomic E-state index is -0.811. The van der Waals surface area contributed by atoms with Crippen molar-refractivity contribution in [2.45, 2.75) is 22.7 Å². The van der Waals surface area contributed by atoms with E-state index in [1.807, 2.05) is 0 Å². The topological polar surface area (TPSA) is 102 Å². The first-order valence-corrected chi connectivity index (χ1v) is 13.9. The Balaban J connectivity index is 1.38. The summed E-state index contributed by atoms with van der Waals surface area (Å²) in [5.41, 5.74) is 0.840. The van der Waals surface area contributed by atoms with Crippen LogP contribution in [0.15, 0.2) is 85.6 Å². The monoisotopic (exact) mass is 613 g/mol. The van der Waals surface area contributed by atoms with Crippen LogP contribution in [0.5, 0.6) is 0 Å². The molecule has 0 bridgehead atoms. The van der Waals surface area contributed by atoms with Crippen molar-refractivity contribution in [1.82, 2.24) is 4.57 Å². The average molecular weight is 614 g/mol. The standard InChI is InChI=1S/C26H17BrFN3O5S2/c27-13-3-9-16(10-4-13)31-23(33)20-19(17-2-1-11-36-17)22-25(37-21(20)24(31)34)30(26(35)38-22)12-18(32)29-15-7-5-14(28)6-8-15/h1-11,19-21H,12H2,(H,29,32)/t19-,20?,21?/m1/s1. The van der Waals surface area contributed by atoms with Gasteiger partial charge in [-0.2, -0.15) is 0 Å². The molecule has 8 nitrogen and oxygen atoms in total. The molecule has 1 fully saturated rings. The molecule has 2 unspecified atom stereocenters. The van der Waals surface area contributed by atoms with Gasteiger partial charge in [0.15, 0.2) is 0 Å². The van der Waals surface area contributed by atoms with E-state index in [-0.39, 0.29) is 12.5 Å². The highest BCUT2D eigenvalue weighted by Crippen LogP contribution is 2.53. The highest BCUT2D eigenvalue weighted by molar-refractivity contribution is 9.10. The summed E-state index contributed by atoms with van der Waals surface area (Å²) >= 11 is 5.42. The number of hydrogen-bond acceptors (Lipinski definition) is 7. The van der Waals surface area contributed by atoms with Gasteiger partial charge in [0, 0.05) is 10.2 Å². The smallest absolute Gasteiger partial charge is 0.308 e. The van der Waals surface area contributed by atoms with Gasteiger partial charge < -0.3 is 9.73 Å². The Bertz CT molecular complexity index is 1620. The number of aromatic nitrogens is 1. The lowest BCUT2D eigenvalue weighted by Crippen LogP contribution is -2.32. The van der Waals surface area contributed by atoms with E-state index in [2.05, 4.69) is 21.2 Å². The van der Waals surface area contributed by atoms with Gasteiger partial charge in [0.1, 0.15) is 23.4 Å². The molecule has 3 atom stereocenters. The summed E-state index contributed by atoms with van der Waals surface area (Å²) in [5.74, 6) is -2.67. The number of thioether (sulfide) groups is 1. The first kappa shape index (κ1) is 24.8. The first-order chi connectivity index (χ1) is 18.3. The number of carbonyl (C=O) groups excluding carboxylic acids is 3. The number of amides is 3. The van der Waals surface area contributed by atoms with E-state index in [1.165, 1.54) is 40.0 Å². The van der Waals surface area contributed by atoms with E-state index in [1.54, 1.807) is 36.4 Å². The molecule has 4 aromatic rings. The molecule has 0 aliphatic carbocycles. The summed E-state index contributed by atoms with van der Waals surface area (Å²) in [6.45, 7) is -0.310. The van der Waals surface area contributed by atoms with Crippen molar-refractivity contribution >= 4 is 68.1 Å².